The Hall–Kier alpha value is -1.97. The zero-order chi connectivity index (χ0) is 20.9. The average molecular weight is 425 g/mol. The van der Waals surface area contributed by atoms with Crippen molar-refractivity contribution in [3.63, 3.8) is 0 Å². The summed E-state index contributed by atoms with van der Waals surface area (Å²) in [4.78, 5) is 33.7. The van der Waals surface area contributed by atoms with Crippen LogP contribution < -0.4 is 5.32 Å². The van der Waals surface area contributed by atoms with Gasteiger partial charge in [0.05, 0.1) is 11.7 Å². The summed E-state index contributed by atoms with van der Waals surface area (Å²) in [7, 11) is 0. The van der Waals surface area contributed by atoms with Crippen LogP contribution in [0.15, 0.2) is 16.8 Å². The molecule has 3 saturated heterocycles. The van der Waals surface area contributed by atoms with Gasteiger partial charge in [-0.3, -0.25) is 14.4 Å². The number of hydrogen-bond donors (Lipinski definition) is 3. The van der Waals surface area contributed by atoms with Gasteiger partial charge in [-0.2, -0.15) is 11.3 Å². The van der Waals surface area contributed by atoms with Crippen LogP contribution in [-0.2, 0) is 14.3 Å². The summed E-state index contributed by atoms with van der Waals surface area (Å²) in [5.74, 6) is 0.149. The monoisotopic (exact) mass is 424 g/mol. The fourth-order valence-corrected chi connectivity index (χ4v) is 5.68. The van der Waals surface area contributed by atoms with E-state index in [0.717, 1.165) is 50.9 Å². The molecule has 1 aromatic heterocycles. The van der Waals surface area contributed by atoms with E-state index in [-0.39, 0.29) is 30.5 Å². The van der Waals surface area contributed by atoms with E-state index in [1.807, 2.05) is 16.8 Å². The summed E-state index contributed by atoms with van der Waals surface area (Å²) in [5, 5.41) is 22.6. The van der Waals surface area contributed by atoms with Crippen LogP contribution >= 0.6 is 11.3 Å². The minimum atomic E-state index is -0.717. The average Bonchev–Trinajstić information content (AvgIpc) is 3.44. The third-order valence-electron chi connectivity index (χ3n) is 6.25. The predicted octanol–water partition coefficient (Wildman–Crippen LogP) is 1.91. The van der Waals surface area contributed by atoms with Crippen molar-refractivity contribution in [1.29, 1.82) is 0 Å². The molecule has 0 aromatic carbocycles. The van der Waals surface area contributed by atoms with E-state index in [4.69, 9.17) is 19.7 Å². The van der Waals surface area contributed by atoms with E-state index in [1.54, 1.807) is 0 Å². The largest absolute Gasteiger partial charge is 0.483 e. The van der Waals surface area contributed by atoms with Gasteiger partial charge in [0.25, 0.3) is 12.4 Å². The number of unbranched alkanes of at least 4 members (excludes halogenated alkanes) is 1. The zero-order valence-corrected chi connectivity index (χ0v) is 17.1. The molecular formula is C20H28N2O6S. The summed E-state index contributed by atoms with van der Waals surface area (Å²) in [6.07, 6.45) is 4.37. The second-order valence-electron chi connectivity index (χ2n) is 7.94. The topological polar surface area (TPSA) is 116 Å². The Kier molecular flexibility index (Phi) is 7.26. The molecule has 3 aliphatic heterocycles. The minimum absolute atomic E-state index is 0.00611. The molecule has 9 heteroatoms. The molecule has 1 amide bonds. The van der Waals surface area contributed by atoms with Gasteiger partial charge in [-0.15, -0.1) is 0 Å². The first-order valence-electron chi connectivity index (χ1n) is 9.99. The van der Waals surface area contributed by atoms with Gasteiger partial charge in [0, 0.05) is 48.8 Å². The SMILES string of the molecule is O=C(O)CCCCN1C[C@@H]2[C@H](CNC(=O)c3ccsc3)[C@H]3CC[C@]2(C1)O3.O=CO. The first kappa shape index (κ1) is 21.7. The van der Waals surface area contributed by atoms with Gasteiger partial charge in [0.2, 0.25) is 0 Å². The van der Waals surface area contributed by atoms with E-state index in [2.05, 4.69) is 10.2 Å². The molecule has 0 saturated carbocycles. The van der Waals surface area contributed by atoms with Gasteiger partial charge in [-0.1, -0.05) is 0 Å². The Balaban J connectivity index is 0.000000755. The number of thiophene rings is 1. The van der Waals surface area contributed by atoms with Crippen molar-refractivity contribution in [2.75, 3.05) is 26.2 Å². The Morgan fingerprint density at radius 2 is 2.21 bits per heavy atom. The van der Waals surface area contributed by atoms with Gasteiger partial charge >= 0.3 is 5.97 Å². The molecule has 8 nitrogen and oxygen atoms in total. The van der Waals surface area contributed by atoms with E-state index in [9.17, 15) is 9.59 Å². The van der Waals surface area contributed by atoms with Crippen molar-refractivity contribution < 1.29 is 29.3 Å². The number of likely N-dealkylation sites (tertiary alicyclic amines) is 1. The van der Waals surface area contributed by atoms with Crippen LogP contribution in [0.5, 0.6) is 0 Å². The minimum Gasteiger partial charge on any atom is -0.483 e. The van der Waals surface area contributed by atoms with Crippen molar-refractivity contribution in [3.8, 4) is 0 Å². The summed E-state index contributed by atoms with van der Waals surface area (Å²) < 4.78 is 6.41. The van der Waals surface area contributed by atoms with Crippen molar-refractivity contribution in [3.05, 3.63) is 22.4 Å². The maximum atomic E-state index is 12.2. The Labute approximate surface area is 173 Å². The lowest BCUT2D eigenvalue weighted by Gasteiger charge is -2.29. The first-order valence-corrected chi connectivity index (χ1v) is 10.9. The van der Waals surface area contributed by atoms with Gasteiger partial charge in [-0.25, -0.2) is 0 Å². The predicted molar refractivity (Wildman–Crippen MR) is 107 cm³/mol. The zero-order valence-electron chi connectivity index (χ0n) is 16.3. The molecule has 0 aliphatic carbocycles. The molecule has 3 N–H and O–H groups in total. The second-order valence-corrected chi connectivity index (χ2v) is 8.72. The maximum Gasteiger partial charge on any atom is 0.303 e. The van der Waals surface area contributed by atoms with Crippen molar-refractivity contribution >= 4 is 29.7 Å². The lowest BCUT2D eigenvalue weighted by atomic mass is 9.73. The highest BCUT2D eigenvalue weighted by molar-refractivity contribution is 7.08. The van der Waals surface area contributed by atoms with E-state index < -0.39 is 5.97 Å². The smallest absolute Gasteiger partial charge is 0.303 e. The molecule has 0 unspecified atom stereocenters. The number of nitrogens with one attached hydrogen (secondary N) is 1. The summed E-state index contributed by atoms with van der Waals surface area (Å²) in [5.41, 5.74) is 0.704. The number of hydrogen-bond acceptors (Lipinski definition) is 6. The van der Waals surface area contributed by atoms with E-state index >= 15 is 0 Å². The van der Waals surface area contributed by atoms with Crippen LogP contribution in [0.25, 0.3) is 0 Å². The molecule has 4 rings (SSSR count). The number of fused-ring (bicyclic) bond motifs is 1. The number of amides is 1. The second kappa shape index (κ2) is 9.69. The summed E-state index contributed by atoms with van der Waals surface area (Å²) in [6.45, 7) is 3.32. The lowest BCUT2D eigenvalue weighted by Crippen LogP contribution is -2.41. The number of carbonyl (C=O) groups is 3. The molecular weight excluding hydrogens is 396 g/mol. The van der Waals surface area contributed by atoms with Crippen LogP contribution in [0, 0.1) is 11.8 Å². The standard InChI is InChI=1S/C19H26N2O4S.CH2O2/c22-17(23)3-1-2-7-21-10-15-14(16-4-6-19(15,12-21)25-16)9-20-18(24)13-5-8-26-11-13;2-1-3/h5,8,11,14-16H,1-4,6-7,9-10,12H2,(H,20,24)(H,22,23);1H,(H,2,3)/t14-,15+,16+,19+;/m0./s1. The highest BCUT2D eigenvalue weighted by Gasteiger charge is 2.62. The molecule has 4 atom stereocenters. The van der Waals surface area contributed by atoms with Crippen LogP contribution in [0.3, 0.4) is 0 Å². The van der Waals surface area contributed by atoms with Crippen LogP contribution in [-0.4, -0.2) is 71.3 Å². The number of nitrogens with zero attached hydrogens (tertiary/aromatic N) is 1. The maximum absolute atomic E-state index is 12.2. The number of carboxylic acid groups (broad SMARTS) is 2. The molecule has 1 spiro atoms. The molecule has 1 aromatic rings. The third kappa shape index (κ3) is 4.96. The van der Waals surface area contributed by atoms with Gasteiger partial charge < -0.3 is 25.2 Å². The molecule has 3 fully saturated rings. The molecule has 2 bridgehead atoms. The fourth-order valence-electron chi connectivity index (χ4n) is 5.05. The highest BCUT2D eigenvalue weighted by atomic mass is 32.1. The normalized spacial score (nSPS) is 29.7. The Morgan fingerprint density at radius 3 is 2.90 bits per heavy atom. The summed E-state index contributed by atoms with van der Waals surface area (Å²) >= 11 is 1.54. The number of carbonyl (C=O) groups excluding carboxylic acids is 1. The lowest BCUT2D eigenvalue weighted by molar-refractivity contribution is -0.137. The van der Waals surface area contributed by atoms with Crippen LogP contribution in [0.1, 0.15) is 42.5 Å². The quantitative estimate of drug-likeness (QED) is 0.431. The van der Waals surface area contributed by atoms with Crippen molar-refractivity contribution in [1.82, 2.24) is 10.2 Å². The van der Waals surface area contributed by atoms with Crippen LogP contribution in [0.2, 0.25) is 0 Å². The molecule has 29 heavy (non-hydrogen) atoms. The van der Waals surface area contributed by atoms with Gasteiger partial charge in [0.15, 0.2) is 0 Å². The molecule has 160 valence electrons. The van der Waals surface area contributed by atoms with Crippen LogP contribution in [0.4, 0.5) is 0 Å². The van der Waals surface area contributed by atoms with E-state index in [0.29, 0.717) is 18.4 Å². The Morgan fingerprint density at radius 1 is 1.41 bits per heavy atom. The molecule has 0 radical (unpaired) electrons. The number of ether oxygens (including phenoxy) is 1. The fraction of sp³-hybridized carbons (Fsp3) is 0.650. The first-order chi connectivity index (χ1) is 14.0. The van der Waals surface area contributed by atoms with Gasteiger partial charge in [-0.05, 0) is 43.7 Å². The Bertz CT molecular complexity index is 712. The van der Waals surface area contributed by atoms with Crippen molar-refractivity contribution in [2.45, 2.75) is 43.8 Å². The van der Waals surface area contributed by atoms with Gasteiger partial charge in [0.1, 0.15) is 0 Å². The molecule has 3 aliphatic rings. The number of carboxylic acids is 1. The number of aliphatic carboxylic acids is 1. The highest BCUT2D eigenvalue weighted by Crippen LogP contribution is 2.54. The molecule has 4 heterocycles. The van der Waals surface area contributed by atoms with Crippen molar-refractivity contribution in [2.24, 2.45) is 11.8 Å². The van der Waals surface area contributed by atoms with E-state index in [1.165, 1.54) is 11.3 Å². The third-order valence-corrected chi connectivity index (χ3v) is 6.93. The number of rotatable bonds is 8. The summed E-state index contributed by atoms with van der Waals surface area (Å²) in [6, 6.07) is 1.85.